The van der Waals surface area contributed by atoms with E-state index in [4.69, 9.17) is 0 Å². The van der Waals surface area contributed by atoms with Crippen molar-refractivity contribution < 1.29 is 14.5 Å². The number of hydrazine groups is 1. The topological polar surface area (TPSA) is 145 Å². The molecular weight excluding hydrogens is 374 g/mol. The molecule has 0 radical (unpaired) electrons. The molecule has 11 nitrogen and oxygen atoms in total. The lowest BCUT2D eigenvalue weighted by atomic mass is 10.2. The highest BCUT2D eigenvalue weighted by Crippen LogP contribution is 2.31. The summed E-state index contributed by atoms with van der Waals surface area (Å²) in [4.78, 5) is 33.9. The molecule has 0 atom stereocenters. The molecule has 0 spiro atoms. The molecule has 2 N–H and O–H groups in total. The van der Waals surface area contributed by atoms with Crippen molar-refractivity contribution in [1.29, 1.82) is 0 Å². The summed E-state index contributed by atoms with van der Waals surface area (Å²) >= 11 is 1.19. The molecule has 2 amide bonds. The third-order valence-electron chi connectivity index (χ3n) is 4.12. The molecule has 27 heavy (non-hydrogen) atoms. The van der Waals surface area contributed by atoms with Crippen LogP contribution < -0.4 is 10.9 Å². The summed E-state index contributed by atoms with van der Waals surface area (Å²) in [5, 5.41) is 22.8. The lowest BCUT2D eigenvalue weighted by Crippen LogP contribution is -2.42. The molecular formula is C15H17N7O4S. The van der Waals surface area contributed by atoms with E-state index in [1.807, 2.05) is 0 Å². The largest absolute Gasteiger partial charge is 0.272 e. The minimum Gasteiger partial charge on any atom is -0.272 e. The van der Waals surface area contributed by atoms with Crippen LogP contribution in [0.2, 0.25) is 0 Å². The zero-order valence-electron chi connectivity index (χ0n) is 14.2. The molecule has 12 heteroatoms. The monoisotopic (exact) mass is 391 g/mol. The van der Waals surface area contributed by atoms with Crippen molar-refractivity contribution in [3.63, 3.8) is 0 Å². The number of non-ortho nitro benzene ring substituents is 1. The van der Waals surface area contributed by atoms with Gasteiger partial charge in [0, 0.05) is 17.7 Å². The number of rotatable bonds is 6. The Hall–Kier alpha value is -3.02. The highest BCUT2D eigenvalue weighted by Gasteiger charge is 2.22. The van der Waals surface area contributed by atoms with Gasteiger partial charge in [0.25, 0.3) is 11.6 Å². The van der Waals surface area contributed by atoms with Crippen molar-refractivity contribution in [1.82, 2.24) is 31.1 Å². The van der Waals surface area contributed by atoms with Crippen LogP contribution >= 0.6 is 11.8 Å². The number of nitrogens with one attached hydrogen (secondary N) is 2. The Balaban J connectivity index is 1.46. The molecule has 2 aromatic rings. The molecule has 0 aliphatic heterocycles. The van der Waals surface area contributed by atoms with Gasteiger partial charge in [-0.05, 0) is 35.4 Å². The summed E-state index contributed by atoms with van der Waals surface area (Å²) in [6.07, 6.45) is 4.33. The number of carbonyl (C=O) groups excluding carboxylic acids is 2. The van der Waals surface area contributed by atoms with E-state index in [9.17, 15) is 19.7 Å². The Bertz CT molecular complexity index is 833. The number of carbonyl (C=O) groups is 2. The second kappa shape index (κ2) is 8.58. The first-order valence-corrected chi connectivity index (χ1v) is 9.27. The number of hydrogen-bond donors (Lipinski definition) is 2. The SMILES string of the molecule is O=C(CSc1nnnn1C1CCCC1)NNC(=O)c1ccc([N+](=O)[O-])cc1. The van der Waals surface area contributed by atoms with Crippen LogP contribution in [0.1, 0.15) is 42.1 Å². The van der Waals surface area contributed by atoms with E-state index in [0.29, 0.717) is 5.16 Å². The van der Waals surface area contributed by atoms with E-state index in [2.05, 4.69) is 26.4 Å². The number of benzene rings is 1. The summed E-state index contributed by atoms with van der Waals surface area (Å²) in [6.45, 7) is 0. The normalized spacial score (nSPS) is 14.1. The molecule has 0 saturated heterocycles. The highest BCUT2D eigenvalue weighted by atomic mass is 32.2. The number of nitrogens with zero attached hydrogens (tertiary/aromatic N) is 5. The molecule has 1 fully saturated rings. The summed E-state index contributed by atoms with van der Waals surface area (Å²) in [7, 11) is 0. The van der Waals surface area contributed by atoms with Gasteiger partial charge in [-0.25, -0.2) is 4.68 Å². The van der Waals surface area contributed by atoms with Crippen LogP contribution in [0.5, 0.6) is 0 Å². The lowest BCUT2D eigenvalue weighted by molar-refractivity contribution is -0.384. The van der Waals surface area contributed by atoms with Crippen LogP contribution in [0.4, 0.5) is 5.69 Å². The van der Waals surface area contributed by atoms with Gasteiger partial charge < -0.3 is 0 Å². The standard InChI is InChI=1S/C15H17N7O4S/c23-13(9-27-15-18-19-20-21(15)11-3-1-2-4-11)16-17-14(24)10-5-7-12(8-6-10)22(25)26/h5-8,11H,1-4,9H2,(H,16,23)(H,17,24). The van der Waals surface area contributed by atoms with Crippen molar-refractivity contribution >= 4 is 29.3 Å². The Morgan fingerprint density at radius 2 is 1.93 bits per heavy atom. The molecule has 1 saturated carbocycles. The maximum absolute atomic E-state index is 12.0. The highest BCUT2D eigenvalue weighted by molar-refractivity contribution is 7.99. The number of thioether (sulfide) groups is 1. The molecule has 142 valence electrons. The molecule has 1 aliphatic rings. The van der Waals surface area contributed by atoms with E-state index >= 15 is 0 Å². The first-order chi connectivity index (χ1) is 13.0. The van der Waals surface area contributed by atoms with Gasteiger partial charge in [0.15, 0.2) is 0 Å². The minimum absolute atomic E-state index is 0.0354. The fraction of sp³-hybridized carbons (Fsp3) is 0.400. The third kappa shape index (κ3) is 4.78. The summed E-state index contributed by atoms with van der Waals surface area (Å²) in [5.74, 6) is -0.955. The van der Waals surface area contributed by atoms with E-state index in [0.717, 1.165) is 25.7 Å². The molecule has 1 aliphatic carbocycles. The van der Waals surface area contributed by atoms with E-state index in [-0.39, 0.29) is 23.0 Å². The predicted octanol–water partition coefficient (Wildman–Crippen LogP) is 1.25. The smallest absolute Gasteiger partial charge is 0.269 e. The summed E-state index contributed by atoms with van der Waals surface area (Å²) in [6, 6.07) is 5.33. The Morgan fingerprint density at radius 3 is 2.59 bits per heavy atom. The van der Waals surface area contributed by atoms with E-state index in [1.54, 1.807) is 4.68 Å². The van der Waals surface area contributed by atoms with E-state index in [1.165, 1.54) is 36.0 Å². The van der Waals surface area contributed by atoms with Crippen LogP contribution in [-0.2, 0) is 4.79 Å². The van der Waals surface area contributed by atoms with Gasteiger partial charge in [-0.2, -0.15) is 0 Å². The van der Waals surface area contributed by atoms with Crippen molar-refractivity contribution in [2.75, 3.05) is 5.75 Å². The van der Waals surface area contributed by atoms with Crippen LogP contribution in [0, 0.1) is 10.1 Å². The average molecular weight is 391 g/mol. The molecule has 3 rings (SSSR count). The van der Waals surface area contributed by atoms with Crippen LogP contribution in [0.3, 0.4) is 0 Å². The number of nitro benzene ring substituents is 1. The van der Waals surface area contributed by atoms with Crippen molar-refractivity contribution in [2.45, 2.75) is 36.9 Å². The predicted molar refractivity (Wildman–Crippen MR) is 94.8 cm³/mol. The maximum atomic E-state index is 12.0. The van der Waals surface area contributed by atoms with Crippen LogP contribution in [-0.4, -0.2) is 42.7 Å². The summed E-state index contributed by atoms with van der Waals surface area (Å²) in [5.41, 5.74) is 4.64. The van der Waals surface area contributed by atoms with Gasteiger partial charge in [0.05, 0.1) is 16.7 Å². The lowest BCUT2D eigenvalue weighted by Gasteiger charge is -2.11. The van der Waals surface area contributed by atoms with Crippen molar-refractivity contribution in [2.24, 2.45) is 0 Å². The van der Waals surface area contributed by atoms with Gasteiger partial charge in [0.1, 0.15) is 0 Å². The first kappa shape index (κ1) is 18.8. The van der Waals surface area contributed by atoms with Gasteiger partial charge in [-0.3, -0.25) is 30.6 Å². The zero-order chi connectivity index (χ0) is 19.2. The second-order valence-electron chi connectivity index (χ2n) is 5.94. The van der Waals surface area contributed by atoms with Gasteiger partial charge in [0.2, 0.25) is 11.1 Å². The molecule has 0 unspecified atom stereocenters. The minimum atomic E-state index is -0.570. The van der Waals surface area contributed by atoms with Crippen molar-refractivity contribution in [3.8, 4) is 0 Å². The Kier molecular flexibility index (Phi) is 5.96. The number of aromatic nitrogens is 4. The Morgan fingerprint density at radius 1 is 1.22 bits per heavy atom. The zero-order valence-corrected chi connectivity index (χ0v) is 15.0. The number of amides is 2. The fourth-order valence-electron chi connectivity index (χ4n) is 2.76. The fourth-order valence-corrected chi connectivity index (χ4v) is 3.50. The third-order valence-corrected chi connectivity index (χ3v) is 5.05. The second-order valence-corrected chi connectivity index (χ2v) is 6.88. The van der Waals surface area contributed by atoms with Crippen LogP contribution in [0.15, 0.2) is 29.4 Å². The Labute approximate surface area is 158 Å². The quantitative estimate of drug-likeness (QED) is 0.425. The van der Waals surface area contributed by atoms with Gasteiger partial charge in [-0.1, -0.05) is 24.6 Å². The molecule has 1 aromatic carbocycles. The maximum Gasteiger partial charge on any atom is 0.269 e. The van der Waals surface area contributed by atoms with E-state index < -0.39 is 16.7 Å². The molecule has 0 bridgehead atoms. The number of tetrazole rings is 1. The van der Waals surface area contributed by atoms with Gasteiger partial charge in [-0.15, -0.1) is 5.10 Å². The number of nitro groups is 1. The summed E-state index contributed by atoms with van der Waals surface area (Å²) < 4.78 is 1.75. The molecule has 1 heterocycles. The first-order valence-electron chi connectivity index (χ1n) is 8.29. The number of hydrogen-bond acceptors (Lipinski definition) is 8. The van der Waals surface area contributed by atoms with Crippen molar-refractivity contribution in [3.05, 3.63) is 39.9 Å². The average Bonchev–Trinajstić information content (AvgIpc) is 3.35. The van der Waals surface area contributed by atoms with Gasteiger partial charge >= 0.3 is 0 Å². The molecule has 1 aromatic heterocycles. The van der Waals surface area contributed by atoms with Crippen LogP contribution in [0.25, 0.3) is 0 Å².